The van der Waals surface area contributed by atoms with Crippen LogP contribution in [0, 0.1) is 12.3 Å². The maximum atomic E-state index is 11.6. The van der Waals surface area contributed by atoms with E-state index in [1.54, 1.807) is 11.8 Å². The number of nitrogens with one attached hydrogen (secondary N) is 2. The fraction of sp³-hybridized carbons (Fsp3) is 0.545. The Kier molecular flexibility index (Phi) is 5.57. The molecule has 1 amide bonds. The predicted octanol–water partition coefficient (Wildman–Crippen LogP) is 1.02. The highest BCUT2D eigenvalue weighted by Gasteiger charge is 2.13. The average molecular weight is 252 g/mol. The molecular weight excluding hydrogens is 236 g/mol. The van der Waals surface area contributed by atoms with Crippen molar-refractivity contribution < 1.29 is 4.79 Å². The van der Waals surface area contributed by atoms with E-state index in [-0.39, 0.29) is 17.6 Å². The normalized spacial score (nSPS) is 10.2. The second kappa shape index (κ2) is 6.97. The molecule has 6 heteroatoms. The maximum Gasteiger partial charge on any atom is 0.290 e. The van der Waals surface area contributed by atoms with Crippen molar-refractivity contribution >= 4 is 17.7 Å². The van der Waals surface area contributed by atoms with Gasteiger partial charge in [0.15, 0.2) is 0 Å². The van der Waals surface area contributed by atoms with E-state index in [1.165, 1.54) is 0 Å². The van der Waals surface area contributed by atoms with Gasteiger partial charge in [-0.25, -0.2) is 4.98 Å². The van der Waals surface area contributed by atoms with E-state index in [9.17, 15) is 4.79 Å². The number of aromatic nitrogens is 3. The lowest BCUT2D eigenvalue weighted by molar-refractivity contribution is 0.0946. The predicted molar refractivity (Wildman–Crippen MR) is 69.0 cm³/mol. The van der Waals surface area contributed by atoms with Gasteiger partial charge in [0.2, 0.25) is 5.82 Å². The van der Waals surface area contributed by atoms with Gasteiger partial charge in [0.25, 0.3) is 5.91 Å². The molecule has 0 aromatic carbocycles. The van der Waals surface area contributed by atoms with Crippen LogP contribution in [0.5, 0.6) is 0 Å². The third-order valence-corrected chi connectivity index (χ3v) is 2.83. The zero-order valence-electron chi connectivity index (χ0n) is 9.99. The van der Waals surface area contributed by atoms with Crippen molar-refractivity contribution in [2.45, 2.75) is 19.8 Å². The first-order valence-electron chi connectivity index (χ1n) is 5.37. The van der Waals surface area contributed by atoms with Crippen molar-refractivity contribution in [1.29, 1.82) is 0 Å². The fourth-order valence-electron chi connectivity index (χ4n) is 1.08. The standard InChI is InChI=1S/C11H16N4OS/c1-4-6-17-7-5-12-11(16)10-13-9(8(2)3)14-15-10/h1,8H,5-7H2,2-3H3,(H,12,16)(H,13,14,15). The molecule has 0 aliphatic carbocycles. The van der Waals surface area contributed by atoms with Gasteiger partial charge in [-0.1, -0.05) is 19.8 Å². The number of terminal acetylenes is 1. The Morgan fingerprint density at radius 3 is 3.00 bits per heavy atom. The molecule has 0 aliphatic heterocycles. The van der Waals surface area contributed by atoms with Crippen LogP contribution in [-0.4, -0.2) is 39.1 Å². The number of H-pyrrole nitrogens is 1. The van der Waals surface area contributed by atoms with Gasteiger partial charge in [0.1, 0.15) is 5.82 Å². The first-order valence-corrected chi connectivity index (χ1v) is 6.52. The van der Waals surface area contributed by atoms with Gasteiger partial charge in [-0.05, 0) is 0 Å². The topological polar surface area (TPSA) is 70.7 Å². The number of carbonyl (C=O) groups is 1. The second-order valence-electron chi connectivity index (χ2n) is 3.71. The van der Waals surface area contributed by atoms with Crippen LogP contribution in [0.25, 0.3) is 0 Å². The molecule has 2 N–H and O–H groups in total. The SMILES string of the molecule is C#CCSCCNC(=O)c1n[nH]c(C(C)C)n1. The van der Waals surface area contributed by atoms with Crippen molar-refractivity contribution in [3.05, 3.63) is 11.6 Å². The molecule has 17 heavy (non-hydrogen) atoms. The van der Waals surface area contributed by atoms with Crippen LogP contribution >= 0.6 is 11.8 Å². The summed E-state index contributed by atoms with van der Waals surface area (Å²) in [5.74, 6) is 4.86. The Bertz CT molecular complexity index is 408. The van der Waals surface area contributed by atoms with Gasteiger partial charge in [0.05, 0.1) is 5.75 Å². The molecule has 1 rings (SSSR count). The molecule has 0 radical (unpaired) electrons. The van der Waals surface area contributed by atoms with Crippen LogP contribution in [0.15, 0.2) is 0 Å². The second-order valence-corrected chi connectivity index (χ2v) is 4.82. The molecule has 1 aromatic heterocycles. The van der Waals surface area contributed by atoms with Crippen molar-refractivity contribution in [3.8, 4) is 12.3 Å². The van der Waals surface area contributed by atoms with E-state index in [1.807, 2.05) is 13.8 Å². The summed E-state index contributed by atoms with van der Waals surface area (Å²) in [6.07, 6.45) is 5.11. The lowest BCUT2D eigenvalue weighted by Crippen LogP contribution is -2.26. The van der Waals surface area contributed by atoms with Crippen molar-refractivity contribution in [2.24, 2.45) is 0 Å². The zero-order valence-corrected chi connectivity index (χ0v) is 10.8. The Labute approximate surface area is 105 Å². The number of nitrogens with zero attached hydrogens (tertiary/aromatic N) is 2. The summed E-state index contributed by atoms with van der Waals surface area (Å²) in [5, 5.41) is 9.35. The van der Waals surface area contributed by atoms with Gasteiger partial charge in [-0.15, -0.1) is 23.3 Å². The molecule has 1 aromatic rings. The van der Waals surface area contributed by atoms with Gasteiger partial charge in [-0.3, -0.25) is 9.89 Å². The van der Waals surface area contributed by atoms with Crippen LogP contribution in [0.2, 0.25) is 0 Å². The van der Waals surface area contributed by atoms with E-state index in [0.717, 1.165) is 11.6 Å². The van der Waals surface area contributed by atoms with E-state index in [4.69, 9.17) is 6.42 Å². The van der Waals surface area contributed by atoms with Crippen LogP contribution in [0.3, 0.4) is 0 Å². The number of hydrogen-bond acceptors (Lipinski definition) is 4. The lowest BCUT2D eigenvalue weighted by atomic mass is 10.2. The molecule has 92 valence electrons. The quantitative estimate of drug-likeness (QED) is 0.586. The molecule has 5 nitrogen and oxygen atoms in total. The fourth-order valence-corrected chi connectivity index (χ4v) is 1.59. The molecule has 0 saturated heterocycles. The van der Waals surface area contributed by atoms with Crippen LogP contribution < -0.4 is 5.32 Å². The van der Waals surface area contributed by atoms with E-state index in [2.05, 4.69) is 26.4 Å². The molecule has 0 unspecified atom stereocenters. The van der Waals surface area contributed by atoms with Crippen LogP contribution in [-0.2, 0) is 0 Å². The summed E-state index contributed by atoms with van der Waals surface area (Å²) in [5.41, 5.74) is 0. The molecule has 0 aliphatic rings. The smallest absolute Gasteiger partial charge is 0.290 e. The first kappa shape index (κ1) is 13.6. The van der Waals surface area contributed by atoms with Crippen LogP contribution in [0.1, 0.15) is 36.2 Å². The molecule has 0 saturated carbocycles. The lowest BCUT2D eigenvalue weighted by Gasteiger charge is -2.00. The number of thioether (sulfide) groups is 1. The number of rotatable bonds is 6. The molecular formula is C11H16N4OS. The third-order valence-electron chi connectivity index (χ3n) is 1.97. The monoisotopic (exact) mass is 252 g/mol. The van der Waals surface area contributed by atoms with Gasteiger partial charge in [0, 0.05) is 18.2 Å². The average Bonchev–Trinajstić information content (AvgIpc) is 2.78. The third kappa shape index (κ3) is 4.49. The number of carbonyl (C=O) groups excluding carboxylic acids is 1. The molecule has 0 fully saturated rings. The van der Waals surface area contributed by atoms with Gasteiger partial charge < -0.3 is 5.32 Å². The van der Waals surface area contributed by atoms with Crippen molar-refractivity contribution in [2.75, 3.05) is 18.1 Å². The Balaban J connectivity index is 2.34. The Hall–Kier alpha value is -1.48. The molecule has 1 heterocycles. The van der Waals surface area contributed by atoms with E-state index >= 15 is 0 Å². The maximum absolute atomic E-state index is 11.6. The van der Waals surface area contributed by atoms with Gasteiger partial charge in [-0.2, -0.15) is 0 Å². The summed E-state index contributed by atoms with van der Waals surface area (Å²) in [6, 6.07) is 0. The van der Waals surface area contributed by atoms with E-state index in [0.29, 0.717) is 12.3 Å². The summed E-state index contributed by atoms with van der Waals surface area (Å²) < 4.78 is 0. The van der Waals surface area contributed by atoms with Crippen molar-refractivity contribution in [3.63, 3.8) is 0 Å². The summed E-state index contributed by atoms with van der Waals surface area (Å²) in [4.78, 5) is 15.7. The molecule has 0 bridgehead atoms. The zero-order chi connectivity index (χ0) is 12.7. The highest BCUT2D eigenvalue weighted by molar-refractivity contribution is 7.99. The summed E-state index contributed by atoms with van der Waals surface area (Å²) in [6.45, 7) is 4.54. The minimum absolute atomic E-state index is 0.190. The van der Waals surface area contributed by atoms with Crippen molar-refractivity contribution in [1.82, 2.24) is 20.5 Å². The first-order chi connectivity index (χ1) is 8.15. The Morgan fingerprint density at radius 1 is 1.65 bits per heavy atom. The number of amides is 1. The largest absolute Gasteiger partial charge is 0.348 e. The number of aromatic amines is 1. The Morgan fingerprint density at radius 2 is 2.41 bits per heavy atom. The summed E-state index contributed by atoms with van der Waals surface area (Å²) in [7, 11) is 0. The highest BCUT2D eigenvalue weighted by Crippen LogP contribution is 2.07. The minimum atomic E-state index is -0.255. The molecule has 0 atom stereocenters. The van der Waals surface area contributed by atoms with E-state index < -0.39 is 0 Å². The van der Waals surface area contributed by atoms with Crippen LogP contribution in [0.4, 0.5) is 0 Å². The number of hydrogen-bond donors (Lipinski definition) is 2. The minimum Gasteiger partial charge on any atom is -0.348 e. The highest BCUT2D eigenvalue weighted by atomic mass is 32.2. The molecule has 0 spiro atoms. The summed E-state index contributed by atoms with van der Waals surface area (Å²) >= 11 is 1.60. The van der Waals surface area contributed by atoms with Gasteiger partial charge >= 0.3 is 0 Å².